The van der Waals surface area contributed by atoms with Gasteiger partial charge in [0.05, 0.1) is 10.3 Å². The highest BCUT2D eigenvalue weighted by atomic mass is 16.6. The fourth-order valence-electron chi connectivity index (χ4n) is 2.17. The molecule has 0 saturated heterocycles. The molecule has 0 amide bonds. The maximum absolute atomic E-state index is 11.2. The molecule has 1 aromatic heterocycles. The zero-order valence-corrected chi connectivity index (χ0v) is 11.7. The molecule has 0 unspecified atom stereocenters. The molecule has 2 rings (SSSR count). The van der Waals surface area contributed by atoms with Gasteiger partial charge in [0.1, 0.15) is 5.69 Å². The van der Waals surface area contributed by atoms with E-state index in [1.165, 1.54) is 4.68 Å². The summed E-state index contributed by atoms with van der Waals surface area (Å²) in [5.41, 5.74) is -0.445. The van der Waals surface area contributed by atoms with Crippen molar-refractivity contribution >= 4 is 17.5 Å². The van der Waals surface area contributed by atoms with Gasteiger partial charge in [-0.25, -0.2) is 4.68 Å². The lowest BCUT2D eigenvalue weighted by atomic mass is 10.1. The Morgan fingerprint density at radius 1 is 1.60 bits per heavy atom. The summed E-state index contributed by atoms with van der Waals surface area (Å²) >= 11 is 0. The monoisotopic (exact) mass is 282 g/mol. The second kappa shape index (κ2) is 4.77. The molecule has 1 heterocycles. The van der Waals surface area contributed by atoms with Crippen LogP contribution >= 0.6 is 0 Å². The normalized spacial score (nSPS) is 16.2. The summed E-state index contributed by atoms with van der Waals surface area (Å²) in [7, 11) is 1.61. The van der Waals surface area contributed by atoms with E-state index >= 15 is 0 Å². The van der Waals surface area contributed by atoms with Crippen LogP contribution in [0.25, 0.3) is 0 Å². The topological polar surface area (TPSA) is 110 Å². The molecule has 0 spiro atoms. The Balaban J connectivity index is 2.27. The van der Waals surface area contributed by atoms with Crippen LogP contribution in [0.15, 0.2) is 0 Å². The van der Waals surface area contributed by atoms with Crippen molar-refractivity contribution in [2.24, 2.45) is 12.5 Å². The van der Waals surface area contributed by atoms with Gasteiger partial charge in [0, 0.05) is 19.5 Å². The summed E-state index contributed by atoms with van der Waals surface area (Å²) in [4.78, 5) is 21.9. The lowest BCUT2D eigenvalue weighted by Crippen LogP contribution is -2.25. The van der Waals surface area contributed by atoms with Gasteiger partial charge < -0.3 is 10.4 Å². The molecule has 0 radical (unpaired) electrons. The minimum atomic E-state index is -0.862. The number of nitrogens with zero attached hydrogens (tertiary/aromatic N) is 3. The third-order valence-corrected chi connectivity index (χ3v) is 3.68. The minimum absolute atomic E-state index is 0.0660. The van der Waals surface area contributed by atoms with E-state index in [0.717, 1.165) is 0 Å². The first kappa shape index (κ1) is 14.3. The molecule has 1 aliphatic rings. The zero-order chi connectivity index (χ0) is 15.1. The molecule has 1 fully saturated rings. The van der Waals surface area contributed by atoms with Crippen LogP contribution in [0.5, 0.6) is 0 Å². The maximum atomic E-state index is 11.2. The van der Waals surface area contributed by atoms with Gasteiger partial charge in [-0.1, -0.05) is 13.8 Å². The van der Waals surface area contributed by atoms with E-state index in [0.29, 0.717) is 18.5 Å². The fraction of sp³-hybridized carbons (Fsp3) is 0.667. The average Bonchev–Trinajstić information content (AvgIpc) is 3.05. The van der Waals surface area contributed by atoms with Gasteiger partial charge in [0.2, 0.25) is 5.82 Å². The number of carboxylic acids is 1. The predicted molar refractivity (Wildman–Crippen MR) is 71.7 cm³/mol. The summed E-state index contributed by atoms with van der Waals surface area (Å²) in [5, 5.41) is 27.4. The first-order valence-electron chi connectivity index (χ1n) is 6.47. The Labute approximate surface area is 115 Å². The average molecular weight is 282 g/mol. The Hall–Kier alpha value is -2.12. The number of rotatable bonds is 6. The van der Waals surface area contributed by atoms with Crippen molar-refractivity contribution in [3.05, 3.63) is 15.8 Å². The summed E-state index contributed by atoms with van der Waals surface area (Å²) < 4.78 is 1.41. The molecule has 110 valence electrons. The fourth-order valence-corrected chi connectivity index (χ4v) is 2.17. The number of nitro groups is 1. The zero-order valence-electron chi connectivity index (χ0n) is 11.7. The smallest absolute Gasteiger partial charge is 0.334 e. The van der Waals surface area contributed by atoms with Crippen molar-refractivity contribution in [3.63, 3.8) is 0 Å². The second-order valence-corrected chi connectivity index (χ2v) is 5.56. The van der Waals surface area contributed by atoms with Crippen molar-refractivity contribution in [3.8, 4) is 0 Å². The number of nitrogens with one attached hydrogen (secondary N) is 1. The quantitative estimate of drug-likeness (QED) is 0.607. The number of hydrogen-bond acceptors (Lipinski definition) is 5. The van der Waals surface area contributed by atoms with Gasteiger partial charge in [0.15, 0.2) is 0 Å². The van der Waals surface area contributed by atoms with Crippen molar-refractivity contribution in [2.75, 3.05) is 11.9 Å². The molecule has 20 heavy (non-hydrogen) atoms. The first-order chi connectivity index (χ1) is 9.28. The van der Waals surface area contributed by atoms with Crippen molar-refractivity contribution in [1.29, 1.82) is 0 Å². The molecule has 0 aliphatic heterocycles. The number of carbonyl (C=O) groups is 1. The van der Waals surface area contributed by atoms with Crippen LogP contribution in [0.4, 0.5) is 11.5 Å². The van der Waals surface area contributed by atoms with Crippen LogP contribution in [-0.4, -0.2) is 32.3 Å². The van der Waals surface area contributed by atoms with Crippen LogP contribution in [0.3, 0.4) is 0 Å². The Bertz CT molecular complexity index is 560. The Morgan fingerprint density at radius 3 is 2.60 bits per heavy atom. The predicted octanol–water partition coefficient (Wildman–Crippen LogP) is 1.73. The van der Waals surface area contributed by atoms with Gasteiger partial charge in [-0.15, -0.1) is 0 Å². The summed E-state index contributed by atoms with van der Waals surface area (Å²) in [6, 6.07) is 0. The molecule has 1 saturated carbocycles. The number of carboxylic acid groups (broad SMARTS) is 1. The molecular formula is C12H18N4O4. The molecular weight excluding hydrogens is 264 g/mol. The summed E-state index contributed by atoms with van der Waals surface area (Å²) in [5.74, 6) is -0.670. The van der Waals surface area contributed by atoms with E-state index in [1.54, 1.807) is 7.05 Å². The molecule has 2 N–H and O–H groups in total. The van der Waals surface area contributed by atoms with Crippen molar-refractivity contribution < 1.29 is 14.8 Å². The number of aromatic nitrogens is 2. The van der Waals surface area contributed by atoms with E-state index in [1.807, 2.05) is 13.8 Å². The van der Waals surface area contributed by atoms with E-state index < -0.39 is 16.3 Å². The molecule has 1 aromatic rings. The summed E-state index contributed by atoms with van der Waals surface area (Å²) in [6.07, 6.45) is 1.19. The largest absolute Gasteiger partial charge is 0.481 e. The molecule has 0 bridgehead atoms. The highest BCUT2D eigenvalue weighted by Crippen LogP contribution is 2.46. The Morgan fingerprint density at radius 2 is 2.20 bits per heavy atom. The van der Waals surface area contributed by atoms with Crippen molar-refractivity contribution in [2.45, 2.75) is 32.6 Å². The molecule has 0 aromatic carbocycles. The highest BCUT2D eigenvalue weighted by Gasteiger charge is 2.50. The van der Waals surface area contributed by atoms with Crippen LogP contribution in [0.1, 0.15) is 38.3 Å². The standard InChI is InChI=1S/C12H18N4O4/c1-7(2)8-9(16(19)20)10(15(3)14-8)13-6-12(4-5-12)11(17)18/h7,13H,4-6H2,1-3H3,(H,17,18). The second-order valence-electron chi connectivity index (χ2n) is 5.56. The SMILES string of the molecule is CC(C)c1nn(C)c(NCC2(C(=O)O)CC2)c1[N+](=O)[O-]. The third kappa shape index (κ3) is 2.33. The lowest BCUT2D eigenvalue weighted by Gasteiger charge is -2.11. The maximum Gasteiger partial charge on any atom is 0.334 e. The number of aliphatic carboxylic acids is 1. The third-order valence-electron chi connectivity index (χ3n) is 3.68. The van der Waals surface area contributed by atoms with Crippen molar-refractivity contribution in [1.82, 2.24) is 9.78 Å². The van der Waals surface area contributed by atoms with E-state index in [2.05, 4.69) is 10.4 Å². The number of hydrogen-bond donors (Lipinski definition) is 2. The highest BCUT2D eigenvalue weighted by molar-refractivity contribution is 5.79. The van der Waals surface area contributed by atoms with Crippen LogP contribution in [0, 0.1) is 15.5 Å². The van der Waals surface area contributed by atoms with Gasteiger partial charge in [-0.05, 0) is 12.8 Å². The van der Waals surface area contributed by atoms with Gasteiger partial charge in [-0.2, -0.15) is 5.10 Å². The van der Waals surface area contributed by atoms with Gasteiger partial charge >= 0.3 is 11.7 Å². The Kier molecular flexibility index (Phi) is 3.41. The molecule has 0 atom stereocenters. The van der Waals surface area contributed by atoms with E-state index in [-0.39, 0.29) is 24.0 Å². The van der Waals surface area contributed by atoms with Crippen LogP contribution in [-0.2, 0) is 11.8 Å². The molecule has 8 heteroatoms. The van der Waals surface area contributed by atoms with E-state index in [9.17, 15) is 14.9 Å². The molecule has 8 nitrogen and oxygen atoms in total. The summed E-state index contributed by atoms with van der Waals surface area (Å²) in [6.45, 7) is 3.84. The van der Waals surface area contributed by atoms with Crippen LogP contribution in [0.2, 0.25) is 0 Å². The van der Waals surface area contributed by atoms with E-state index in [4.69, 9.17) is 5.11 Å². The van der Waals surface area contributed by atoms with Gasteiger partial charge in [0.25, 0.3) is 0 Å². The first-order valence-corrected chi connectivity index (χ1v) is 6.47. The number of aryl methyl sites for hydroxylation is 1. The molecule has 1 aliphatic carbocycles. The number of anilines is 1. The minimum Gasteiger partial charge on any atom is -0.481 e. The van der Waals surface area contributed by atoms with Gasteiger partial charge in [-0.3, -0.25) is 14.9 Å². The van der Waals surface area contributed by atoms with Crippen LogP contribution < -0.4 is 5.32 Å². The lowest BCUT2D eigenvalue weighted by molar-refractivity contribution is -0.384.